The van der Waals surface area contributed by atoms with Crippen molar-refractivity contribution >= 4 is 22.6 Å². The number of hydrogen-bond donors (Lipinski definition) is 1. The number of fused-ring (bicyclic) bond motifs is 1. The molecule has 0 aliphatic heterocycles. The normalized spacial score (nSPS) is 11.9. The number of amides is 2. The third-order valence-corrected chi connectivity index (χ3v) is 5.57. The molecule has 0 saturated heterocycles. The van der Waals surface area contributed by atoms with Gasteiger partial charge < -0.3 is 15.0 Å². The highest BCUT2D eigenvalue weighted by Gasteiger charge is 2.26. The van der Waals surface area contributed by atoms with Gasteiger partial charge in [0.05, 0.1) is 7.11 Å². The molecule has 0 aliphatic carbocycles. The topological polar surface area (TPSA) is 58.6 Å². The van der Waals surface area contributed by atoms with Gasteiger partial charge in [0.1, 0.15) is 11.8 Å². The summed E-state index contributed by atoms with van der Waals surface area (Å²) in [4.78, 5) is 27.8. The predicted molar refractivity (Wildman–Crippen MR) is 129 cm³/mol. The van der Waals surface area contributed by atoms with Gasteiger partial charge in [0.2, 0.25) is 11.8 Å². The van der Waals surface area contributed by atoms with Crippen molar-refractivity contribution in [3.8, 4) is 5.75 Å². The van der Waals surface area contributed by atoms with E-state index in [2.05, 4.69) is 29.6 Å². The first-order valence-corrected chi connectivity index (χ1v) is 11.1. The first-order valence-electron chi connectivity index (χ1n) is 11.1. The maximum Gasteiger partial charge on any atom is 0.242 e. The largest absolute Gasteiger partial charge is 0.497 e. The Labute approximate surface area is 190 Å². The van der Waals surface area contributed by atoms with Gasteiger partial charge >= 0.3 is 0 Å². The number of nitrogens with zero attached hydrogens (tertiary/aromatic N) is 1. The minimum absolute atomic E-state index is 0.00871. The van der Waals surface area contributed by atoms with Crippen molar-refractivity contribution in [2.45, 2.75) is 52.2 Å². The van der Waals surface area contributed by atoms with Gasteiger partial charge in [-0.3, -0.25) is 9.59 Å². The third-order valence-electron chi connectivity index (χ3n) is 5.57. The Balaban J connectivity index is 1.80. The zero-order valence-electron chi connectivity index (χ0n) is 19.3. The van der Waals surface area contributed by atoms with Gasteiger partial charge in [-0.1, -0.05) is 54.6 Å². The maximum atomic E-state index is 13.4. The van der Waals surface area contributed by atoms with E-state index in [1.807, 2.05) is 56.3 Å². The number of carbonyl (C=O) groups is 2. The van der Waals surface area contributed by atoms with Crippen molar-refractivity contribution in [3.63, 3.8) is 0 Å². The molecular weight excluding hydrogens is 400 g/mol. The van der Waals surface area contributed by atoms with Crippen LogP contribution in [0, 0.1) is 0 Å². The van der Waals surface area contributed by atoms with Crippen molar-refractivity contribution in [2.75, 3.05) is 7.11 Å². The zero-order valence-corrected chi connectivity index (χ0v) is 19.3. The molecule has 0 bridgehead atoms. The molecular formula is C27H32N2O3. The smallest absolute Gasteiger partial charge is 0.242 e. The standard InChI is InChI=1S/C27H32N2O3/c1-19(2)28-27(31)20(3)29(18-21-9-7-13-24(17-21)32-4)26(30)16-15-23-12-8-11-22-10-5-6-14-25(22)23/h5-14,17,19-20H,15-16,18H2,1-4H3,(H,28,31)/t20-/m0/s1. The van der Waals surface area contributed by atoms with E-state index in [9.17, 15) is 9.59 Å². The summed E-state index contributed by atoms with van der Waals surface area (Å²) in [5, 5.41) is 5.25. The highest BCUT2D eigenvalue weighted by Crippen LogP contribution is 2.21. The minimum Gasteiger partial charge on any atom is -0.497 e. The van der Waals surface area contributed by atoms with Crippen LogP contribution in [0.15, 0.2) is 66.7 Å². The molecule has 3 aromatic carbocycles. The summed E-state index contributed by atoms with van der Waals surface area (Å²) in [6, 6.07) is 21.4. The molecule has 0 radical (unpaired) electrons. The van der Waals surface area contributed by atoms with E-state index in [1.165, 1.54) is 0 Å². The quantitative estimate of drug-likeness (QED) is 0.532. The number of rotatable bonds is 9. The minimum atomic E-state index is -0.580. The fraction of sp³-hybridized carbons (Fsp3) is 0.333. The van der Waals surface area contributed by atoms with Crippen LogP contribution in [0.25, 0.3) is 10.8 Å². The van der Waals surface area contributed by atoms with Crippen LogP contribution in [-0.4, -0.2) is 35.9 Å². The van der Waals surface area contributed by atoms with Gasteiger partial charge in [0.25, 0.3) is 0 Å². The van der Waals surface area contributed by atoms with E-state index in [-0.39, 0.29) is 17.9 Å². The molecule has 0 spiro atoms. The molecule has 0 heterocycles. The fourth-order valence-corrected chi connectivity index (χ4v) is 3.85. The first-order chi connectivity index (χ1) is 15.4. The summed E-state index contributed by atoms with van der Waals surface area (Å²) in [5.41, 5.74) is 2.06. The van der Waals surface area contributed by atoms with E-state index < -0.39 is 6.04 Å². The SMILES string of the molecule is COc1cccc(CN(C(=O)CCc2cccc3ccccc23)[C@@H](C)C(=O)NC(C)C)c1. The number of hydrogen-bond acceptors (Lipinski definition) is 3. The summed E-state index contributed by atoms with van der Waals surface area (Å²) >= 11 is 0. The second kappa shape index (κ2) is 10.8. The average molecular weight is 433 g/mol. The van der Waals surface area contributed by atoms with E-state index in [0.29, 0.717) is 19.4 Å². The van der Waals surface area contributed by atoms with Crippen LogP contribution >= 0.6 is 0 Å². The Morgan fingerprint density at radius 1 is 0.969 bits per heavy atom. The second-order valence-electron chi connectivity index (χ2n) is 8.35. The fourth-order valence-electron chi connectivity index (χ4n) is 3.85. The first kappa shape index (κ1) is 23.3. The number of aryl methyl sites for hydroxylation is 1. The maximum absolute atomic E-state index is 13.4. The molecule has 32 heavy (non-hydrogen) atoms. The van der Waals surface area contributed by atoms with Crippen molar-refractivity contribution in [1.29, 1.82) is 0 Å². The number of carbonyl (C=O) groups excluding carboxylic acids is 2. The highest BCUT2D eigenvalue weighted by atomic mass is 16.5. The van der Waals surface area contributed by atoms with Crippen molar-refractivity contribution in [2.24, 2.45) is 0 Å². The third kappa shape index (κ3) is 5.88. The second-order valence-corrected chi connectivity index (χ2v) is 8.35. The number of ether oxygens (including phenoxy) is 1. The van der Waals surface area contributed by atoms with Gasteiger partial charge in [0.15, 0.2) is 0 Å². The molecule has 1 N–H and O–H groups in total. The Morgan fingerprint density at radius 2 is 1.69 bits per heavy atom. The molecule has 2 amide bonds. The lowest BCUT2D eigenvalue weighted by Gasteiger charge is -2.29. The van der Waals surface area contributed by atoms with Crippen LogP contribution in [0.2, 0.25) is 0 Å². The zero-order chi connectivity index (χ0) is 23.1. The van der Waals surface area contributed by atoms with Crippen molar-refractivity contribution < 1.29 is 14.3 Å². The summed E-state index contributed by atoms with van der Waals surface area (Å²) in [6.45, 7) is 5.96. The Bertz CT molecular complexity index is 1070. The van der Waals surface area contributed by atoms with Crippen LogP contribution in [0.4, 0.5) is 0 Å². The van der Waals surface area contributed by atoms with E-state index in [0.717, 1.165) is 27.6 Å². The molecule has 0 fully saturated rings. The molecule has 3 aromatic rings. The number of methoxy groups -OCH3 is 1. The van der Waals surface area contributed by atoms with E-state index >= 15 is 0 Å². The lowest BCUT2D eigenvalue weighted by molar-refractivity contribution is -0.140. The van der Waals surface area contributed by atoms with E-state index in [4.69, 9.17) is 4.74 Å². The number of benzene rings is 3. The summed E-state index contributed by atoms with van der Waals surface area (Å²) in [6.07, 6.45) is 0.949. The van der Waals surface area contributed by atoms with Crippen molar-refractivity contribution in [3.05, 3.63) is 77.9 Å². The number of nitrogens with one attached hydrogen (secondary N) is 1. The van der Waals surface area contributed by atoms with Gasteiger partial charge in [0, 0.05) is 19.0 Å². The Kier molecular flexibility index (Phi) is 7.87. The molecule has 0 aromatic heterocycles. The summed E-state index contributed by atoms with van der Waals surface area (Å²) < 4.78 is 5.32. The molecule has 0 unspecified atom stereocenters. The van der Waals surface area contributed by atoms with Crippen molar-refractivity contribution in [1.82, 2.24) is 10.2 Å². The van der Waals surface area contributed by atoms with Crippen LogP contribution < -0.4 is 10.1 Å². The molecule has 5 heteroatoms. The monoisotopic (exact) mass is 432 g/mol. The Morgan fingerprint density at radius 3 is 2.44 bits per heavy atom. The predicted octanol–water partition coefficient (Wildman–Crippen LogP) is 4.72. The lowest BCUT2D eigenvalue weighted by atomic mass is 10.0. The molecule has 0 aliphatic rings. The molecule has 1 atom stereocenters. The average Bonchev–Trinajstić information content (AvgIpc) is 2.80. The van der Waals surface area contributed by atoms with Gasteiger partial charge in [-0.05, 0) is 61.2 Å². The summed E-state index contributed by atoms with van der Waals surface area (Å²) in [5.74, 6) is 0.526. The Hall–Kier alpha value is -3.34. The van der Waals surface area contributed by atoms with Crippen LogP contribution in [0.1, 0.15) is 38.3 Å². The lowest BCUT2D eigenvalue weighted by Crippen LogP contribution is -2.49. The molecule has 5 nitrogen and oxygen atoms in total. The molecule has 3 rings (SSSR count). The van der Waals surface area contributed by atoms with E-state index in [1.54, 1.807) is 18.9 Å². The van der Waals surface area contributed by atoms with Gasteiger partial charge in [-0.15, -0.1) is 0 Å². The van der Waals surface area contributed by atoms with Crippen LogP contribution in [-0.2, 0) is 22.6 Å². The van der Waals surface area contributed by atoms with Gasteiger partial charge in [-0.2, -0.15) is 0 Å². The summed E-state index contributed by atoms with van der Waals surface area (Å²) in [7, 11) is 1.62. The highest BCUT2D eigenvalue weighted by molar-refractivity contribution is 5.89. The van der Waals surface area contributed by atoms with Crippen LogP contribution in [0.3, 0.4) is 0 Å². The van der Waals surface area contributed by atoms with Gasteiger partial charge in [-0.25, -0.2) is 0 Å². The van der Waals surface area contributed by atoms with Crippen LogP contribution in [0.5, 0.6) is 5.75 Å². The molecule has 168 valence electrons. The molecule has 0 saturated carbocycles.